The van der Waals surface area contributed by atoms with Crippen molar-refractivity contribution in [3.05, 3.63) is 34.6 Å². The third-order valence-electron chi connectivity index (χ3n) is 5.60. The fourth-order valence-corrected chi connectivity index (χ4v) is 3.98. The summed E-state index contributed by atoms with van der Waals surface area (Å²) in [5.74, 6) is -0.916. The minimum Gasteiger partial charge on any atom is -0.480 e. The molecule has 0 spiro atoms. The Kier molecular flexibility index (Phi) is 6.61. The highest BCUT2D eigenvalue weighted by atomic mass is 16.4. The number of carboxylic acid groups (broad SMARTS) is 1. The van der Waals surface area contributed by atoms with Crippen LogP contribution in [0.25, 0.3) is 10.9 Å². The second-order valence-electron chi connectivity index (χ2n) is 8.34. The van der Waals surface area contributed by atoms with Gasteiger partial charge in [-0.15, -0.1) is 5.10 Å². The lowest BCUT2D eigenvalue weighted by Crippen LogP contribution is -2.45. The Bertz CT molecular complexity index is 932. The van der Waals surface area contributed by atoms with Gasteiger partial charge >= 0.3 is 5.97 Å². The summed E-state index contributed by atoms with van der Waals surface area (Å²) in [5.41, 5.74) is 0.442. The molecule has 1 unspecified atom stereocenters. The number of amides is 1. The van der Waals surface area contributed by atoms with E-state index in [2.05, 4.69) is 15.6 Å². The van der Waals surface area contributed by atoms with Crippen LogP contribution in [0.5, 0.6) is 0 Å². The zero-order valence-corrected chi connectivity index (χ0v) is 16.9. The highest BCUT2D eigenvalue weighted by Crippen LogP contribution is 2.30. The van der Waals surface area contributed by atoms with Crippen LogP contribution in [0, 0.1) is 17.8 Å². The number of hydrogen-bond acceptors (Lipinski definition) is 5. The Morgan fingerprint density at radius 2 is 1.90 bits per heavy atom. The van der Waals surface area contributed by atoms with E-state index in [1.165, 1.54) is 4.68 Å². The maximum atomic E-state index is 12.6. The third kappa shape index (κ3) is 5.19. The van der Waals surface area contributed by atoms with E-state index >= 15 is 0 Å². The van der Waals surface area contributed by atoms with Crippen molar-refractivity contribution in [1.82, 2.24) is 20.3 Å². The fourth-order valence-electron chi connectivity index (χ4n) is 3.98. The van der Waals surface area contributed by atoms with Gasteiger partial charge in [0, 0.05) is 12.5 Å². The molecule has 1 fully saturated rings. The summed E-state index contributed by atoms with van der Waals surface area (Å²) in [6, 6.07) is 6.31. The molecule has 1 aromatic carbocycles. The van der Waals surface area contributed by atoms with Crippen molar-refractivity contribution in [3.63, 3.8) is 0 Å². The largest absolute Gasteiger partial charge is 0.480 e. The first kappa shape index (κ1) is 21.0. The summed E-state index contributed by atoms with van der Waals surface area (Å²) in [6.45, 7) is 4.35. The van der Waals surface area contributed by atoms with Gasteiger partial charge in [0.05, 0.1) is 5.39 Å². The molecule has 0 aliphatic heterocycles. The van der Waals surface area contributed by atoms with Crippen molar-refractivity contribution >= 4 is 22.8 Å². The van der Waals surface area contributed by atoms with Crippen molar-refractivity contribution in [2.75, 3.05) is 0 Å². The highest BCUT2D eigenvalue weighted by molar-refractivity contribution is 5.85. The monoisotopic (exact) mass is 400 g/mol. The molecule has 2 aromatic rings. The second-order valence-corrected chi connectivity index (χ2v) is 8.34. The lowest BCUT2D eigenvalue weighted by molar-refractivity contribution is -0.143. The number of carbonyl (C=O) groups is 2. The van der Waals surface area contributed by atoms with Crippen LogP contribution in [-0.4, -0.2) is 38.0 Å². The predicted octanol–water partition coefficient (Wildman–Crippen LogP) is 2.21. The molecule has 1 aliphatic rings. The van der Waals surface area contributed by atoms with Crippen molar-refractivity contribution < 1.29 is 14.7 Å². The molecule has 2 N–H and O–H groups in total. The van der Waals surface area contributed by atoms with E-state index in [1.54, 1.807) is 12.1 Å². The topological polar surface area (TPSA) is 114 Å². The Morgan fingerprint density at radius 1 is 1.21 bits per heavy atom. The summed E-state index contributed by atoms with van der Waals surface area (Å²) in [6.07, 6.45) is 3.36. The minimum atomic E-state index is -0.991. The first-order chi connectivity index (χ1) is 13.8. The summed E-state index contributed by atoms with van der Waals surface area (Å²) >= 11 is 0. The number of nitrogens with one attached hydrogen (secondary N) is 1. The van der Waals surface area contributed by atoms with Gasteiger partial charge in [0.2, 0.25) is 5.91 Å². The molecule has 1 amide bonds. The van der Waals surface area contributed by atoms with Crippen LogP contribution in [0.4, 0.5) is 0 Å². The standard InChI is InChI=1S/C21H28N4O4/c1-13(2)11-18(21(28)29)22-19(26)15-9-7-14(8-10-15)12-25-20(27)16-5-3-4-6-17(16)23-24-25/h3-6,13-15,18H,7-12H2,1-2H3,(H,22,26)(H,28,29). The molecule has 3 rings (SSSR count). The molecule has 8 heteroatoms. The van der Waals surface area contributed by atoms with Gasteiger partial charge in [0.15, 0.2) is 0 Å². The van der Waals surface area contributed by atoms with Crippen LogP contribution < -0.4 is 10.9 Å². The molecule has 0 bridgehead atoms. The number of aliphatic carboxylic acids is 1. The van der Waals surface area contributed by atoms with E-state index < -0.39 is 12.0 Å². The number of nitrogens with zero attached hydrogens (tertiary/aromatic N) is 3. The third-order valence-corrected chi connectivity index (χ3v) is 5.60. The SMILES string of the molecule is CC(C)CC(NC(=O)C1CCC(Cn2nnc3ccccc3c2=O)CC1)C(=O)O. The lowest BCUT2D eigenvalue weighted by Gasteiger charge is -2.28. The number of rotatable bonds is 7. The molecule has 0 saturated heterocycles. The first-order valence-corrected chi connectivity index (χ1v) is 10.2. The number of carboxylic acids is 1. The van der Waals surface area contributed by atoms with Gasteiger partial charge < -0.3 is 10.4 Å². The Balaban J connectivity index is 1.56. The first-order valence-electron chi connectivity index (χ1n) is 10.2. The zero-order valence-electron chi connectivity index (χ0n) is 16.9. The van der Waals surface area contributed by atoms with Crippen molar-refractivity contribution in [1.29, 1.82) is 0 Å². The Labute approximate surface area is 169 Å². The number of benzene rings is 1. The van der Waals surface area contributed by atoms with Crippen LogP contribution >= 0.6 is 0 Å². The maximum absolute atomic E-state index is 12.6. The van der Waals surface area contributed by atoms with Gasteiger partial charge in [-0.1, -0.05) is 31.2 Å². The van der Waals surface area contributed by atoms with Gasteiger partial charge in [-0.3, -0.25) is 9.59 Å². The highest BCUT2D eigenvalue weighted by Gasteiger charge is 2.30. The van der Waals surface area contributed by atoms with Crippen LogP contribution in [0.1, 0.15) is 46.0 Å². The molecule has 1 atom stereocenters. The molecule has 29 heavy (non-hydrogen) atoms. The molecule has 0 radical (unpaired) electrons. The Hall–Kier alpha value is -2.77. The van der Waals surface area contributed by atoms with Crippen molar-refractivity contribution in [2.45, 2.75) is 58.5 Å². The maximum Gasteiger partial charge on any atom is 0.326 e. The summed E-state index contributed by atoms with van der Waals surface area (Å²) in [5, 5.41) is 20.7. The van der Waals surface area contributed by atoms with E-state index in [0.717, 1.165) is 12.8 Å². The average Bonchev–Trinajstić information content (AvgIpc) is 2.70. The quantitative estimate of drug-likeness (QED) is 0.736. The normalized spacial score (nSPS) is 20.5. The number of hydrogen-bond donors (Lipinski definition) is 2. The fraction of sp³-hybridized carbons (Fsp3) is 0.571. The van der Waals surface area contributed by atoms with Crippen LogP contribution in [0.15, 0.2) is 29.1 Å². The Morgan fingerprint density at radius 3 is 2.55 bits per heavy atom. The summed E-state index contributed by atoms with van der Waals surface area (Å²) in [7, 11) is 0. The van der Waals surface area contributed by atoms with Crippen molar-refractivity contribution in [2.24, 2.45) is 17.8 Å². The van der Waals surface area contributed by atoms with Gasteiger partial charge in [-0.05, 0) is 56.1 Å². The van der Waals surface area contributed by atoms with E-state index in [1.807, 2.05) is 26.0 Å². The van der Waals surface area contributed by atoms with Crippen LogP contribution in [0.2, 0.25) is 0 Å². The summed E-state index contributed by atoms with van der Waals surface area (Å²) < 4.78 is 1.41. The van der Waals surface area contributed by atoms with E-state index in [0.29, 0.717) is 36.7 Å². The van der Waals surface area contributed by atoms with Gasteiger partial charge in [0.1, 0.15) is 11.6 Å². The minimum absolute atomic E-state index is 0.145. The van der Waals surface area contributed by atoms with E-state index in [9.17, 15) is 19.5 Å². The molecular weight excluding hydrogens is 372 g/mol. The van der Waals surface area contributed by atoms with Crippen LogP contribution in [0.3, 0.4) is 0 Å². The van der Waals surface area contributed by atoms with E-state index in [4.69, 9.17) is 0 Å². The molecule has 156 valence electrons. The van der Waals surface area contributed by atoms with E-state index in [-0.39, 0.29) is 29.2 Å². The molecule has 1 aliphatic carbocycles. The molecule has 8 nitrogen and oxygen atoms in total. The molecular formula is C21H28N4O4. The lowest BCUT2D eigenvalue weighted by atomic mass is 9.81. The van der Waals surface area contributed by atoms with Gasteiger partial charge in [-0.25, -0.2) is 9.48 Å². The average molecular weight is 400 g/mol. The van der Waals surface area contributed by atoms with Gasteiger partial charge in [0.25, 0.3) is 5.56 Å². The molecule has 1 saturated carbocycles. The predicted molar refractivity (Wildman–Crippen MR) is 108 cm³/mol. The van der Waals surface area contributed by atoms with Gasteiger partial charge in [-0.2, -0.15) is 0 Å². The number of carbonyl (C=O) groups excluding carboxylic acids is 1. The number of fused-ring (bicyclic) bond motifs is 1. The second kappa shape index (κ2) is 9.15. The summed E-state index contributed by atoms with van der Waals surface area (Å²) in [4.78, 5) is 36.5. The van der Waals surface area contributed by atoms with Crippen molar-refractivity contribution in [3.8, 4) is 0 Å². The van der Waals surface area contributed by atoms with Crippen LogP contribution in [-0.2, 0) is 16.1 Å². The molecule has 1 aromatic heterocycles. The molecule has 1 heterocycles. The zero-order chi connectivity index (χ0) is 21.0. The smallest absolute Gasteiger partial charge is 0.326 e. The number of aromatic nitrogens is 3.